The second-order valence-corrected chi connectivity index (χ2v) is 16.9. The summed E-state index contributed by atoms with van der Waals surface area (Å²) in [5, 5.41) is 8.54. The number of nitrogens with two attached hydrogens (primary N) is 1. The summed E-state index contributed by atoms with van der Waals surface area (Å²) in [7, 11) is -5.02. The Morgan fingerprint density at radius 3 is 2.47 bits per heavy atom. The lowest BCUT2D eigenvalue weighted by molar-refractivity contribution is -0.128. The predicted molar refractivity (Wildman–Crippen MR) is 218 cm³/mol. The Morgan fingerprint density at radius 1 is 0.966 bits per heavy atom. The molecule has 4 atom stereocenters. The van der Waals surface area contributed by atoms with Crippen LogP contribution in [-0.4, -0.2) is 68.2 Å². The highest BCUT2D eigenvalue weighted by molar-refractivity contribution is 7.70. The molecule has 2 aliphatic rings. The maximum Gasteiger partial charge on any atom is 0.396 e. The van der Waals surface area contributed by atoms with Crippen molar-refractivity contribution in [1.29, 1.82) is 0 Å². The number of aromatic nitrogens is 1. The van der Waals surface area contributed by atoms with Gasteiger partial charge in [-0.05, 0) is 95.5 Å². The van der Waals surface area contributed by atoms with Gasteiger partial charge in [0.25, 0.3) is 11.4 Å². The molecule has 0 saturated heterocycles. The number of hydrogen-bond donors (Lipinski definition) is 6. The van der Waals surface area contributed by atoms with Crippen LogP contribution in [0.3, 0.4) is 0 Å². The fourth-order valence-electron chi connectivity index (χ4n) is 8.06. The zero-order chi connectivity index (χ0) is 41.5. The zero-order valence-corrected chi connectivity index (χ0v) is 33.3. The molecule has 0 radical (unpaired) electrons. The third-order valence-electron chi connectivity index (χ3n) is 11.1. The van der Waals surface area contributed by atoms with Crippen LogP contribution < -0.4 is 21.3 Å². The van der Waals surface area contributed by atoms with E-state index < -0.39 is 61.0 Å². The number of ether oxygens (including phenoxy) is 1. The minimum atomic E-state index is -5.02. The lowest BCUT2D eigenvalue weighted by atomic mass is 9.95. The number of rotatable bonds is 14. The van der Waals surface area contributed by atoms with Crippen LogP contribution in [0.25, 0.3) is 21.7 Å². The molecule has 2 aliphatic heterocycles. The van der Waals surface area contributed by atoms with Crippen molar-refractivity contribution in [2.45, 2.75) is 89.6 Å². The van der Waals surface area contributed by atoms with Crippen LogP contribution >= 0.6 is 7.60 Å². The molecule has 302 valence electrons. The quantitative estimate of drug-likeness (QED) is 0.0819. The van der Waals surface area contributed by atoms with Crippen LogP contribution in [0.5, 0.6) is 0 Å². The van der Waals surface area contributed by atoms with E-state index in [1.165, 1.54) is 40.1 Å². The molecule has 0 aliphatic carbocycles. The Bertz CT molecular complexity index is 2510. The number of hydrogen-bond acceptors (Lipinski definition) is 7. The smallest absolute Gasteiger partial charge is 0.372 e. The highest BCUT2D eigenvalue weighted by Crippen LogP contribution is 2.41. The third-order valence-corrected chi connectivity index (χ3v) is 11.9. The van der Waals surface area contributed by atoms with Gasteiger partial charge in [0.2, 0.25) is 17.7 Å². The molecule has 5 aromatic rings. The number of para-hydroxylation sites is 1. The zero-order valence-electron chi connectivity index (χ0n) is 32.4. The molecule has 7 rings (SSSR count). The van der Waals surface area contributed by atoms with E-state index >= 15 is 0 Å². The van der Waals surface area contributed by atoms with Crippen LogP contribution in [-0.2, 0) is 43.1 Å². The Labute approximate surface area is 334 Å². The van der Waals surface area contributed by atoms with Crippen LogP contribution in [0.15, 0.2) is 78.9 Å². The predicted octanol–water partition coefficient (Wildman–Crippen LogP) is 5.12. The topological polar surface area (TPSA) is 221 Å². The number of H-pyrrole nitrogens is 1. The molecular weight excluding hydrogens is 761 g/mol. The van der Waals surface area contributed by atoms with Crippen molar-refractivity contribution in [3.8, 4) is 0 Å². The summed E-state index contributed by atoms with van der Waals surface area (Å²) in [6.45, 7) is 6.41. The average Bonchev–Trinajstić information content (AvgIpc) is 3.77. The van der Waals surface area contributed by atoms with E-state index in [0.29, 0.717) is 28.9 Å². The maximum atomic E-state index is 14.4. The van der Waals surface area contributed by atoms with Gasteiger partial charge in [-0.1, -0.05) is 62.4 Å². The molecule has 0 fully saturated rings. The fraction of sp³-hybridized carbons (Fsp3) is 0.326. The number of nitrogens with zero attached hydrogens (tertiary/aromatic N) is 1. The van der Waals surface area contributed by atoms with Crippen molar-refractivity contribution in [2.24, 2.45) is 5.73 Å². The molecule has 1 aromatic heterocycles. The van der Waals surface area contributed by atoms with E-state index in [0.717, 1.165) is 22.1 Å². The van der Waals surface area contributed by atoms with Gasteiger partial charge in [-0.25, -0.2) is 0 Å². The van der Waals surface area contributed by atoms with Crippen LogP contribution in [0.2, 0.25) is 0 Å². The van der Waals surface area contributed by atoms with E-state index in [2.05, 4.69) is 53.7 Å². The maximum absolute atomic E-state index is 14.4. The number of carbonyl (C=O) groups excluding carboxylic acids is 5. The van der Waals surface area contributed by atoms with Gasteiger partial charge in [-0.2, -0.15) is 0 Å². The molecule has 0 saturated carbocycles. The molecule has 58 heavy (non-hydrogen) atoms. The standard InChI is InChI=1S/C43H46N5O9P/c1-23(2)31-9-5-7-27-18-25(10-13-32(27)31)22-57-24(3)33(16-17-38(44)49)46-41(51)37-21-28-8-4-6-26-11-15-35(42(52)48(37)39(26)28)47-40(50)36-20-30-19-29(12-14-34(30)45-36)43(53)58(54,55)56/h4-10,12-14,18-20,23-24,33,35,37,45H,11,15-17,21-22H2,1-3H3,(H2,44,49)(H,46,51)(H,47,50)(H2,54,55,56)/t24-,33+,35+,37+/m1/s1. The SMILES string of the molecule is CC(C)c1cccc2cc(CO[C@H](C)[C@H](CCC(N)=O)NC(=O)[C@@H]3Cc4cccc5c4N3C(=O)[C@@H](NC(=O)c3cc4cc(C(=O)P(=O)(O)O)ccc4[nH]3)CC5)ccc12. The first-order chi connectivity index (χ1) is 27.6. The second kappa shape index (κ2) is 16.3. The van der Waals surface area contributed by atoms with Crippen LogP contribution in [0.4, 0.5) is 5.69 Å². The van der Waals surface area contributed by atoms with Crippen LogP contribution in [0.1, 0.15) is 89.1 Å². The summed E-state index contributed by atoms with van der Waals surface area (Å²) < 4.78 is 17.8. The number of carbonyl (C=O) groups is 5. The monoisotopic (exact) mass is 807 g/mol. The van der Waals surface area contributed by atoms with Gasteiger partial charge in [-0.15, -0.1) is 0 Å². The lowest BCUT2D eigenvalue weighted by Gasteiger charge is -2.31. The molecule has 0 unspecified atom stereocenters. The van der Waals surface area contributed by atoms with Crippen molar-refractivity contribution in [1.82, 2.24) is 15.6 Å². The first-order valence-electron chi connectivity index (χ1n) is 19.3. The number of amides is 4. The minimum absolute atomic E-state index is 0.00738. The summed E-state index contributed by atoms with van der Waals surface area (Å²) >= 11 is 0. The van der Waals surface area contributed by atoms with E-state index in [1.807, 2.05) is 37.3 Å². The largest absolute Gasteiger partial charge is 0.396 e. The average molecular weight is 808 g/mol. The molecule has 0 spiro atoms. The Kier molecular flexibility index (Phi) is 11.4. The van der Waals surface area contributed by atoms with Crippen molar-refractivity contribution < 1.29 is 43.1 Å². The Balaban J connectivity index is 1.08. The molecular formula is C43H46N5O9P. The van der Waals surface area contributed by atoms with Gasteiger partial charge in [0.05, 0.1) is 24.4 Å². The van der Waals surface area contributed by atoms with Gasteiger partial charge in [-0.3, -0.25) is 33.4 Å². The number of aromatic amines is 1. The highest BCUT2D eigenvalue weighted by atomic mass is 31.2. The summed E-state index contributed by atoms with van der Waals surface area (Å²) in [6.07, 6.45) is 0.640. The van der Waals surface area contributed by atoms with Gasteiger partial charge in [0, 0.05) is 29.3 Å². The fourth-order valence-corrected chi connectivity index (χ4v) is 8.54. The third kappa shape index (κ3) is 8.32. The Morgan fingerprint density at radius 2 is 1.72 bits per heavy atom. The summed E-state index contributed by atoms with van der Waals surface area (Å²) in [4.78, 5) is 89.4. The van der Waals surface area contributed by atoms with Gasteiger partial charge in [0.1, 0.15) is 17.8 Å². The van der Waals surface area contributed by atoms with E-state index in [4.69, 9.17) is 10.5 Å². The summed E-state index contributed by atoms with van der Waals surface area (Å²) in [5.41, 5.74) is 9.04. The first-order valence-corrected chi connectivity index (χ1v) is 20.9. The molecule has 0 bridgehead atoms. The normalized spacial score (nSPS) is 17.6. The van der Waals surface area contributed by atoms with Gasteiger partial charge in [0.15, 0.2) is 0 Å². The van der Waals surface area contributed by atoms with E-state index in [-0.39, 0.29) is 43.5 Å². The first kappa shape index (κ1) is 40.5. The molecule has 7 N–H and O–H groups in total. The minimum Gasteiger partial charge on any atom is -0.372 e. The van der Waals surface area contributed by atoms with E-state index in [9.17, 15) is 38.3 Å². The van der Waals surface area contributed by atoms with E-state index in [1.54, 1.807) is 0 Å². The molecule has 4 amide bonds. The van der Waals surface area contributed by atoms with Crippen molar-refractivity contribution in [3.63, 3.8) is 0 Å². The summed E-state index contributed by atoms with van der Waals surface area (Å²) in [5.74, 6) is -1.66. The Hall–Kier alpha value is -5.66. The number of fused-ring (bicyclic) bond motifs is 2. The molecule has 4 aromatic carbocycles. The summed E-state index contributed by atoms with van der Waals surface area (Å²) in [6, 6.07) is 20.9. The van der Waals surface area contributed by atoms with Gasteiger partial charge < -0.3 is 35.9 Å². The number of anilines is 1. The molecule has 14 nitrogen and oxygen atoms in total. The molecule has 15 heteroatoms. The number of benzene rings is 4. The molecule has 3 heterocycles. The lowest BCUT2D eigenvalue weighted by Crippen LogP contribution is -2.56. The second-order valence-electron chi connectivity index (χ2n) is 15.4. The number of aryl methyl sites for hydroxylation is 1. The van der Waals surface area contributed by atoms with Crippen molar-refractivity contribution in [3.05, 3.63) is 112 Å². The number of primary amides is 1. The van der Waals surface area contributed by atoms with Gasteiger partial charge >= 0.3 is 7.60 Å². The highest BCUT2D eigenvalue weighted by Gasteiger charge is 2.44. The van der Waals surface area contributed by atoms with Crippen LogP contribution in [0, 0.1) is 0 Å². The number of nitrogens with one attached hydrogen (secondary N) is 3. The van der Waals surface area contributed by atoms with Crippen molar-refractivity contribution >= 4 is 64.1 Å². The van der Waals surface area contributed by atoms with Crippen molar-refractivity contribution in [2.75, 3.05) is 4.90 Å².